The van der Waals surface area contributed by atoms with E-state index in [1.807, 2.05) is 6.07 Å². The second-order valence-corrected chi connectivity index (χ2v) is 10.4. The van der Waals surface area contributed by atoms with Crippen molar-refractivity contribution in [1.29, 1.82) is 0 Å². The summed E-state index contributed by atoms with van der Waals surface area (Å²) >= 11 is 0. The molecule has 0 amide bonds. The quantitative estimate of drug-likeness (QED) is 0.230. The third kappa shape index (κ3) is 3.01. The number of benzene rings is 7. The highest BCUT2D eigenvalue weighted by molar-refractivity contribution is 6.26. The lowest BCUT2D eigenvalue weighted by molar-refractivity contribution is 0.669. The highest BCUT2D eigenvalue weighted by Crippen LogP contribution is 2.46. The molecule has 0 aliphatic rings. The van der Waals surface area contributed by atoms with Gasteiger partial charge >= 0.3 is 0 Å². The molecule has 8 aromatic rings. The molecule has 38 heavy (non-hydrogen) atoms. The number of aryl methyl sites for hydroxylation is 2. The maximum atomic E-state index is 6.55. The van der Waals surface area contributed by atoms with Crippen LogP contribution in [0.4, 0.5) is 17.1 Å². The van der Waals surface area contributed by atoms with Crippen LogP contribution in [-0.2, 0) is 0 Å². The summed E-state index contributed by atoms with van der Waals surface area (Å²) in [5.41, 5.74) is 7.60. The first-order valence-corrected chi connectivity index (χ1v) is 13.1. The number of nitrogens with zero attached hydrogens (tertiary/aromatic N) is 1. The smallest absolute Gasteiger partial charge is 0.159 e. The van der Waals surface area contributed by atoms with Crippen LogP contribution in [0.15, 0.2) is 120 Å². The predicted molar refractivity (Wildman–Crippen MR) is 162 cm³/mol. The van der Waals surface area contributed by atoms with E-state index in [-0.39, 0.29) is 0 Å². The van der Waals surface area contributed by atoms with Gasteiger partial charge in [-0.15, -0.1) is 0 Å². The van der Waals surface area contributed by atoms with Crippen molar-refractivity contribution >= 4 is 71.3 Å². The maximum absolute atomic E-state index is 6.55. The maximum Gasteiger partial charge on any atom is 0.159 e. The van der Waals surface area contributed by atoms with Crippen LogP contribution < -0.4 is 4.90 Å². The zero-order chi connectivity index (χ0) is 25.4. The highest BCUT2D eigenvalue weighted by Gasteiger charge is 2.22. The van der Waals surface area contributed by atoms with E-state index in [2.05, 4.69) is 128 Å². The minimum atomic E-state index is 0.901. The number of anilines is 3. The van der Waals surface area contributed by atoms with E-state index in [0.717, 1.165) is 39.0 Å². The van der Waals surface area contributed by atoms with Crippen molar-refractivity contribution in [3.8, 4) is 0 Å². The van der Waals surface area contributed by atoms with E-state index in [1.54, 1.807) is 0 Å². The Bertz CT molecular complexity index is 2130. The van der Waals surface area contributed by atoms with E-state index < -0.39 is 0 Å². The monoisotopic (exact) mass is 487 g/mol. The normalized spacial score (nSPS) is 11.9. The Balaban J connectivity index is 1.51. The van der Waals surface area contributed by atoms with E-state index in [9.17, 15) is 0 Å². The fourth-order valence-corrected chi connectivity index (χ4v) is 6.31. The molecule has 8 rings (SSSR count). The van der Waals surface area contributed by atoms with Crippen LogP contribution in [0.2, 0.25) is 0 Å². The number of hydrogen-bond donors (Lipinski definition) is 0. The van der Waals surface area contributed by atoms with E-state index in [4.69, 9.17) is 4.42 Å². The molecule has 7 aromatic carbocycles. The van der Waals surface area contributed by atoms with Crippen molar-refractivity contribution in [2.24, 2.45) is 0 Å². The van der Waals surface area contributed by atoms with Crippen LogP contribution in [0, 0.1) is 13.8 Å². The summed E-state index contributed by atoms with van der Waals surface area (Å²) in [4.78, 5) is 2.39. The molecule has 2 nitrogen and oxygen atoms in total. The molecule has 0 aliphatic heterocycles. The van der Waals surface area contributed by atoms with Gasteiger partial charge < -0.3 is 9.32 Å². The number of fused-ring (bicyclic) bond motifs is 3. The van der Waals surface area contributed by atoms with Gasteiger partial charge in [0.1, 0.15) is 5.58 Å². The van der Waals surface area contributed by atoms with E-state index in [1.165, 1.54) is 43.4 Å². The minimum Gasteiger partial charge on any atom is -0.454 e. The minimum absolute atomic E-state index is 0.901. The van der Waals surface area contributed by atoms with Gasteiger partial charge in [0.2, 0.25) is 0 Å². The molecule has 0 radical (unpaired) electrons. The summed E-state index contributed by atoms with van der Waals surface area (Å²) in [5.74, 6) is 0. The summed E-state index contributed by atoms with van der Waals surface area (Å²) in [6.07, 6.45) is 0. The zero-order valence-corrected chi connectivity index (χ0v) is 21.3. The van der Waals surface area contributed by atoms with Crippen molar-refractivity contribution in [3.63, 3.8) is 0 Å². The van der Waals surface area contributed by atoms with Gasteiger partial charge in [0.25, 0.3) is 0 Å². The van der Waals surface area contributed by atoms with Gasteiger partial charge in [-0.05, 0) is 82.2 Å². The second-order valence-electron chi connectivity index (χ2n) is 10.4. The van der Waals surface area contributed by atoms with Crippen LogP contribution in [-0.4, -0.2) is 0 Å². The Kier molecular flexibility index (Phi) is 4.39. The summed E-state index contributed by atoms with van der Waals surface area (Å²) < 4.78 is 6.55. The largest absolute Gasteiger partial charge is 0.454 e. The van der Waals surface area contributed by atoms with Gasteiger partial charge in [0, 0.05) is 21.8 Å². The topological polar surface area (TPSA) is 16.4 Å². The lowest BCUT2D eigenvalue weighted by atomic mass is 9.93. The molecule has 1 heterocycles. The van der Waals surface area contributed by atoms with Crippen LogP contribution >= 0.6 is 0 Å². The van der Waals surface area contributed by atoms with Crippen molar-refractivity contribution in [3.05, 3.63) is 126 Å². The summed E-state index contributed by atoms with van der Waals surface area (Å²) in [7, 11) is 0. The van der Waals surface area contributed by atoms with Crippen molar-refractivity contribution in [2.45, 2.75) is 13.8 Å². The third-order valence-corrected chi connectivity index (χ3v) is 7.84. The average Bonchev–Trinajstić information content (AvgIpc) is 3.32. The third-order valence-electron chi connectivity index (χ3n) is 7.84. The lowest BCUT2D eigenvalue weighted by Gasteiger charge is -2.28. The van der Waals surface area contributed by atoms with Gasteiger partial charge in [-0.25, -0.2) is 0 Å². The highest BCUT2D eigenvalue weighted by atomic mass is 16.3. The predicted octanol–water partition coefficient (Wildman–Crippen LogP) is 10.6. The Morgan fingerprint density at radius 3 is 1.97 bits per heavy atom. The number of rotatable bonds is 3. The van der Waals surface area contributed by atoms with Gasteiger partial charge in [-0.3, -0.25) is 0 Å². The fourth-order valence-electron chi connectivity index (χ4n) is 6.31. The molecule has 0 bridgehead atoms. The number of furan rings is 1. The molecule has 0 unspecified atom stereocenters. The van der Waals surface area contributed by atoms with Crippen molar-refractivity contribution in [1.82, 2.24) is 0 Å². The van der Waals surface area contributed by atoms with Gasteiger partial charge in [-0.2, -0.15) is 0 Å². The molecular weight excluding hydrogens is 462 g/mol. The van der Waals surface area contributed by atoms with Gasteiger partial charge in [0.05, 0.1) is 11.4 Å². The molecule has 0 atom stereocenters. The molecule has 0 saturated carbocycles. The van der Waals surface area contributed by atoms with Crippen LogP contribution in [0.25, 0.3) is 54.3 Å². The summed E-state index contributed by atoms with van der Waals surface area (Å²) in [6.45, 7) is 4.33. The molecule has 0 aliphatic carbocycles. The summed E-state index contributed by atoms with van der Waals surface area (Å²) in [6, 6.07) is 41.7. The van der Waals surface area contributed by atoms with Crippen LogP contribution in [0.5, 0.6) is 0 Å². The zero-order valence-electron chi connectivity index (χ0n) is 21.3. The van der Waals surface area contributed by atoms with Crippen molar-refractivity contribution < 1.29 is 4.42 Å². The molecule has 1 aromatic heterocycles. The Morgan fingerprint density at radius 1 is 0.500 bits per heavy atom. The molecule has 0 N–H and O–H groups in total. The van der Waals surface area contributed by atoms with Crippen LogP contribution in [0.3, 0.4) is 0 Å². The standard InChI is InChI=1S/C36H25NO/c1-22-19-23(2)21-27(20-22)37(32-11-6-10-29-28-9-3-4-12-33(28)38-36(29)32)31-18-16-26-14-13-24-7-5-8-25-15-17-30(31)35(26)34(24)25/h3-21H,1-2H3. The van der Waals surface area contributed by atoms with Gasteiger partial charge in [0.15, 0.2) is 5.58 Å². The van der Waals surface area contributed by atoms with E-state index in [0.29, 0.717) is 0 Å². The first-order valence-electron chi connectivity index (χ1n) is 13.1. The molecule has 0 spiro atoms. The number of para-hydroxylation sites is 2. The van der Waals surface area contributed by atoms with E-state index >= 15 is 0 Å². The van der Waals surface area contributed by atoms with Gasteiger partial charge in [-0.1, -0.05) is 84.9 Å². The Labute approximate surface area is 220 Å². The fraction of sp³-hybridized carbons (Fsp3) is 0.0556. The molecule has 0 saturated heterocycles. The molecule has 180 valence electrons. The van der Waals surface area contributed by atoms with Crippen molar-refractivity contribution in [2.75, 3.05) is 4.90 Å². The second kappa shape index (κ2) is 7.84. The first-order chi connectivity index (χ1) is 18.7. The number of hydrogen-bond acceptors (Lipinski definition) is 2. The Hall–Kier alpha value is -4.82. The lowest BCUT2D eigenvalue weighted by Crippen LogP contribution is -2.11. The first kappa shape index (κ1) is 21.3. The molecule has 2 heteroatoms. The average molecular weight is 488 g/mol. The van der Waals surface area contributed by atoms with Crippen LogP contribution in [0.1, 0.15) is 11.1 Å². The summed E-state index contributed by atoms with van der Waals surface area (Å²) in [5, 5.41) is 9.95. The molecular formula is C36H25NO. The SMILES string of the molecule is Cc1cc(C)cc(N(c2ccc3ccc4cccc5ccc2c3c45)c2cccc3c2oc2ccccc23)c1. The Morgan fingerprint density at radius 2 is 1.16 bits per heavy atom. The molecule has 0 fully saturated rings.